The molecule has 4 rings (SSSR count). The smallest absolute Gasteiger partial charge is 0.257 e. The first-order valence-electron chi connectivity index (χ1n) is 8.68. The number of fused-ring (bicyclic) bond motifs is 1. The van der Waals surface area contributed by atoms with Crippen molar-refractivity contribution in [3.05, 3.63) is 94.5 Å². The van der Waals surface area contributed by atoms with Crippen LogP contribution < -0.4 is 5.32 Å². The molecule has 5 heteroatoms. The lowest BCUT2D eigenvalue weighted by Crippen LogP contribution is -2.16. The lowest BCUT2D eigenvalue weighted by Gasteiger charge is -2.11. The molecule has 0 aliphatic heterocycles. The molecule has 3 aromatic carbocycles. The Morgan fingerprint density at radius 3 is 2.44 bits per heavy atom. The second-order valence-electron chi connectivity index (χ2n) is 6.46. The first-order valence-corrected chi connectivity index (χ1v) is 9.06. The SMILES string of the molecule is Cc1ccc(Cn2c(NC(=O)c3ccc(Cl)cc3)nc3ccccc32)cc1. The van der Waals surface area contributed by atoms with Gasteiger partial charge in [-0.2, -0.15) is 0 Å². The molecular formula is C22H18ClN3O. The van der Waals surface area contributed by atoms with Gasteiger partial charge in [-0.25, -0.2) is 4.98 Å². The predicted molar refractivity (Wildman–Crippen MR) is 109 cm³/mol. The zero-order chi connectivity index (χ0) is 18.8. The van der Waals surface area contributed by atoms with Crippen LogP contribution in [0.15, 0.2) is 72.8 Å². The highest BCUT2D eigenvalue weighted by molar-refractivity contribution is 6.30. The Morgan fingerprint density at radius 1 is 1.00 bits per heavy atom. The highest BCUT2D eigenvalue weighted by atomic mass is 35.5. The predicted octanol–water partition coefficient (Wildman–Crippen LogP) is 5.30. The van der Waals surface area contributed by atoms with E-state index in [-0.39, 0.29) is 5.91 Å². The molecule has 0 aliphatic carbocycles. The van der Waals surface area contributed by atoms with Crippen molar-refractivity contribution in [2.45, 2.75) is 13.5 Å². The van der Waals surface area contributed by atoms with Crippen molar-refractivity contribution in [3.63, 3.8) is 0 Å². The van der Waals surface area contributed by atoms with Crippen LogP contribution in [0.5, 0.6) is 0 Å². The molecule has 1 aromatic heterocycles. The Bertz CT molecular complexity index is 1100. The average molecular weight is 376 g/mol. The number of amides is 1. The van der Waals surface area contributed by atoms with Crippen LogP contribution in [0, 0.1) is 6.92 Å². The van der Waals surface area contributed by atoms with Gasteiger partial charge in [0, 0.05) is 10.6 Å². The van der Waals surface area contributed by atoms with E-state index in [9.17, 15) is 4.79 Å². The minimum Gasteiger partial charge on any atom is -0.305 e. The first-order chi connectivity index (χ1) is 13.1. The summed E-state index contributed by atoms with van der Waals surface area (Å²) in [6, 6.07) is 23.0. The Hall–Kier alpha value is -3.11. The van der Waals surface area contributed by atoms with Crippen molar-refractivity contribution in [2.75, 3.05) is 5.32 Å². The lowest BCUT2D eigenvalue weighted by molar-refractivity contribution is 0.102. The molecule has 4 nitrogen and oxygen atoms in total. The van der Waals surface area contributed by atoms with Gasteiger partial charge < -0.3 is 4.57 Å². The van der Waals surface area contributed by atoms with E-state index in [1.807, 2.05) is 28.8 Å². The maximum absolute atomic E-state index is 12.6. The molecule has 0 fully saturated rings. The van der Waals surface area contributed by atoms with Gasteiger partial charge in [-0.3, -0.25) is 10.1 Å². The fraction of sp³-hybridized carbons (Fsp3) is 0.0909. The summed E-state index contributed by atoms with van der Waals surface area (Å²) in [4.78, 5) is 17.3. The molecule has 27 heavy (non-hydrogen) atoms. The van der Waals surface area contributed by atoms with Crippen molar-refractivity contribution in [1.29, 1.82) is 0 Å². The van der Waals surface area contributed by atoms with E-state index in [1.54, 1.807) is 24.3 Å². The van der Waals surface area contributed by atoms with E-state index < -0.39 is 0 Å². The third kappa shape index (κ3) is 3.71. The molecule has 0 aliphatic rings. The van der Waals surface area contributed by atoms with Gasteiger partial charge in [0.25, 0.3) is 5.91 Å². The third-order valence-corrected chi connectivity index (χ3v) is 4.70. The first kappa shape index (κ1) is 17.3. The fourth-order valence-electron chi connectivity index (χ4n) is 2.98. The molecule has 4 aromatic rings. The normalized spacial score (nSPS) is 10.9. The standard InChI is InChI=1S/C22H18ClN3O/c1-15-6-8-16(9-7-15)14-26-20-5-3-2-4-19(20)24-22(26)25-21(27)17-10-12-18(23)13-11-17/h2-13H,14H2,1H3,(H,24,25,27). The van der Waals surface area contributed by atoms with Gasteiger partial charge in [0.1, 0.15) is 0 Å². The van der Waals surface area contributed by atoms with E-state index in [1.165, 1.54) is 5.56 Å². The van der Waals surface area contributed by atoms with Crippen molar-refractivity contribution in [1.82, 2.24) is 9.55 Å². The van der Waals surface area contributed by atoms with Crippen LogP contribution in [-0.4, -0.2) is 15.5 Å². The highest BCUT2D eigenvalue weighted by Gasteiger charge is 2.14. The van der Waals surface area contributed by atoms with E-state index in [0.717, 1.165) is 16.6 Å². The Labute approximate surface area is 162 Å². The number of hydrogen-bond donors (Lipinski definition) is 1. The number of halogens is 1. The van der Waals surface area contributed by atoms with Crippen LogP contribution in [0.2, 0.25) is 5.02 Å². The fourth-order valence-corrected chi connectivity index (χ4v) is 3.11. The maximum Gasteiger partial charge on any atom is 0.257 e. The molecule has 0 bridgehead atoms. The number of hydrogen-bond acceptors (Lipinski definition) is 2. The van der Waals surface area contributed by atoms with Gasteiger partial charge >= 0.3 is 0 Å². The zero-order valence-corrected chi connectivity index (χ0v) is 15.6. The molecule has 0 radical (unpaired) electrons. The quantitative estimate of drug-likeness (QED) is 0.526. The number of imidazole rings is 1. The number of benzene rings is 3. The summed E-state index contributed by atoms with van der Waals surface area (Å²) in [7, 11) is 0. The lowest BCUT2D eigenvalue weighted by atomic mass is 10.1. The van der Waals surface area contributed by atoms with Gasteiger partial charge in [-0.05, 0) is 48.9 Å². The third-order valence-electron chi connectivity index (χ3n) is 4.45. The van der Waals surface area contributed by atoms with E-state index in [4.69, 9.17) is 11.6 Å². The molecule has 1 amide bonds. The Morgan fingerprint density at radius 2 is 1.70 bits per heavy atom. The second-order valence-corrected chi connectivity index (χ2v) is 6.89. The van der Waals surface area contributed by atoms with Gasteiger partial charge in [-0.15, -0.1) is 0 Å². The summed E-state index contributed by atoms with van der Waals surface area (Å²) in [5.74, 6) is 0.309. The summed E-state index contributed by atoms with van der Waals surface area (Å²) in [5.41, 5.74) is 4.71. The number of carbonyl (C=O) groups is 1. The summed E-state index contributed by atoms with van der Waals surface area (Å²) >= 11 is 5.91. The second kappa shape index (κ2) is 7.25. The van der Waals surface area contributed by atoms with Gasteiger partial charge in [0.15, 0.2) is 0 Å². The molecule has 134 valence electrons. The number of nitrogens with zero attached hydrogens (tertiary/aromatic N) is 2. The van der Waals surface area contributed by atoms with Crippen molar-refractivity contribution >= 4 is 34.5 Å². The van der Waals surface area contributed by atoms with Gasteiger partial charge in [-0.1, -0.05) is 53.6 Å². The maximum atomic E-state index is 12.6. The van der Waals surface area contributed by atoms with Crippen LogP contribution in [0.4, 0.5) is 5.95 Å². The average Bonchev–Trinajstić information content (AvgIpc) is 3.01. The molecule has 0 saturated heterocycles. The molecular weight excluding hydrogens is 358 g/mol. The minimum absolute atomic E-state index is 0.216. The Balaban J connectivity index is 1.70. The van der Waals surface area contributed by atoms with E-state index in [0.29, 0.717) is 23.1 Å². The topological polar surface area (TPSA) is 46.9 Å². The van der Waals surface area contributed by atoms with Crippen LogP contribution in [0.25, 0.3) is 11.0 Å². The molecule has 0 atom stereocenters. The number of anilines is 1. The molecule has 0 saturated carbocycles. The number of aryl methyl sites for hydroxylation is 1. The largest absolute Gasteiger partial charge is 0.305 e. The number of para-hydroxylation sites is 2. The summed E-state index contributed by atoms with van der Waals surface area (Å²) < 4.78 is 2.02. The van der Waals surface area contributed by atoms with Gasteiger partial charge in [0.2, 0.25) is 5.95 Å². The Kier molecular flexibility index (Phi) is 4.65. The summed E-state index contributed by atoms with van der Waals surface area (Å²) in [5, 5.41) is 3.53. The summed E-state index contributed by atoms with van der Waals surface area (Å²) in [6.45, 7) is 2.69. The molecule has 1 heterocycles. The van der Waals surface area contributed by atoms with Crippen molar-refractivity contribution < 1.29 is 4.79 Å². The van der Waals surface area contributed by atoms with Crippen molar-refractivity contribution in [3.8, 4) is 0 Å². The van der Waals surface area contributed by atoms with Crippen molar-refractivity contribution in [2.24, 2.45) is 0 Å². The van der Waals surface area contributed by atoms with Crippen LogP contribution in [0.1, 0.15) is 21.5 Å². The van der Waals surface area contributed by atoms with E-state index in [2.05, 4.69) is 41.5 Å². The van der Waals surface area contributed by atoms with Gasteiger partial charge in [0.05, 0.1) is 17.6 Å². The monoisotopic (exact) mass is 375 g/mol. The number of aromatic nitrogens is 2. The summed E-state index contributed by atoms with van der Waals surface area (Å²) in [6.07, 6.45) is 0. The zero-order valence-electron chi connectivity index (χ0n) is 14.8. The molecule has 1 N–H and O–H groups in total. The van der Waals surface area contributed by atoms with Crippen LogP contribution >= 0.6 is 11.6 Å². The minimum atomic E-state index is -0.216. The number of nitrogens with one attached hydrogen (secondary N) is 1. The van der Waals surface area contributed by atoms with Crippen LogP contribution in [0.3, 0.4) is 0 Å². The van der Waals surface area contributed by atoms with E-state index >= 15 is 0 Å². The number of rotatable bonds is 4. The number of carbonyl (C=O) groups excluding carboxylic acids is 1. The van der Waals surface area contributed by atoms with Crippen LogP contribution in [-0.2, 0) is 6.54 Å². The molecule has 0 unspecified atom stereocenters. The molecule has 0 spiro atoms. The highest BCUT2D eigenvalue weighted by Crippen LogP contribution is 2.22.